The first-order valence-electron chi connectivity index (χ1n) is 5.87. The molecule has 2 unspecified atom stereocenters. The Balaban J connectivity index is 2.02. The summed E-state index contributed by atoms with van der Waals surface area (Å²) in [6, 6.07) is 0. The molecule has 2 atom stereocenters. The smallest absolute Gasteiger partial charge is 0.225 e. The van der Waals surface area contributed by atoms with E-state index in [1.807, 2.05) is 6.92 Å². The zero-order valence-electron chi connectivity index (χ0n) is 10.1. The molecule has 1 aromatic rings. The van der Waals surface area contributed by atoms with Gasteiger partial charge in [-0.1, -0.05) is 0 Å². The molecule has 0 aliphatic heterocycles. The number of halogens is 1. The molecule has 1 aliphatic rings. The van der Waals surface area contributed by atoms with Gasteiger partial charge in [-0.25, -0.2) is 4.98 Å². The minimum absolute atomic E-state index is 0.165. The molecule has 0 spiro atoms. The van der Waals surface area contributed by atoms with Crippen molar-refractivity contribution in [3.8, 4) is 5.88 Å². The van der Waals surface area contributed by atoms with Gasteiger partial charge < -0.3 is 9.47 Å². The summed E-state index contributed by atoms with van der Waals surface area (Å²) >= 11 is 5.76. The lowest BCUT2D eigenvalue weighted by Gasteiger charge is -2.28. The Morgan fingerprint density at radius 2 is 2.12 bits per heavy atom. The zero-order valence-corrected chi connectivity index (χ0v) is 10.9. The van der Waals surface area contributed by atoms with E-state index in [1.165, 1.54) is 0 Å². The summed E-state index contributed by atoms with van der Waals surface area (Å²) in [4.78, 5) is 8.02. The SMILES string of the molecule is COC1CCCC(Oc2nc(Cl)ncc2C)C1. The Labute approximate surface area is 106 Å². The van der Waals surface area contributed by atoms with E-state index in [0.717, 1.165) is 31.2 Å². The van der Waals surface area contributed by atoms with E-state index in [1.54, 1.807) is 13.3 Å². The van der Waals surface area contributed by atoms with Crippen molar-refractivity contribution in [1.82, 2.24) is 9.97 Å². The number of hydrogen-bond acceptors (Lipinski definition) is 4. The second-order valence-electron chi connectivity index (χ2n) is 4.39. The molecule has 0 radical (unpaired) electrons. The van der Waals surface area contributed by atoms with Crippen molar-refractivity contribution in [3.05, 3.63) is 17.0 Å². The first kappa shape index (κ1) is 12.6. The molecular formula is C12H17ClN2O2. The molecule has 0 bridgehead atoms. The predicted octanol–water partition coefficient (Wildman–Crippen LogP) is 2.77. The van der Waals surface area contributed by atoms with Gasteiger partial charge in [0.05, 0.1) is 6.10 Å². The minimum Gasteiger partial charge on any atom is -0.474 e. The molecule has 1 saturated carbocycles. The number of hydrogen-bond donors (Lipinski definition) is 0. The summed E-state index contributed by atoms with van der Waals surface area (Å²) in [6.07, 6.45) is 6.34. The van der Waals surface area contributed by atoms with E-state index >= 15 is 0 Å². The van der Waals surface area contributed by atoms with Crippen LogP contribution in [0.5, 0.6) is 5.88 Å². The highest BCUT2D eigenvalue weighted by atomic mass is 35.5. The topological polar surface area (TPSA) is 44.2 Å². The number of methoxy groups -OCH3 is 1. The number of aromatic nitrogens is 2. The van der Waals surface area contributed by atoms with Crippen LogP contribution in [-0.2, 0) is 4.74 Å². The summed E-state index contributed by atoms with van der Waals surface area (Å²) in [5, 5.41) is 0.227. The van der Waals surface area contributed by atoms with Crippen LogP contribution in [0.4, 0.5) is 0 Å². The third-order valence-corrected chi connectivity index (χ3v) is 3.27. The fourth-order valence-electron chi connectivity index (χ4n) is 2.11. The molecule has 1 aliphatic carbocycles. The lowest BCUT2D eigenvalue weighted by molar-refractivity contribution is 0.0192. The molecule has 1 fully saturated rings. The van der Waals surface area contributed by atoms with Crippen molar-refractivity contribution in [2.45, 2.75) is 44.8 Å². The standard InChI is InChI=1S/C12H17ClN2O2/c1-8-7-14-12(13)15-11(8)17-10-5-3-4-9(6-10)16-2/h7,9-10H,3-6H2,1-2H3. The molecule has 94 valence electrons. The number of aryl methyl sites for hydroxylation is 1. The lowest BCUT2D eigenvalue weighted by atomic mass is 9.95. The Bertz CT molecular complexity index is 387. The first-order valence-corrected chi connectivity index (χ1v) is 6.25. The van der Waals surface area contributed by atoms with Crippen LogP contribution in [0, 0.1) is 6.92 Å². The van der Waals surface area contributed by atoms with Crippen LogP contribution in [0.2, 0.25) is 5.28 Å². The molecule has 4 nitrogen and oxygen atoms in total. The first-order chi connectivity index (χ1) is 8.19. The van der Waals surface area contributed by atoms with Gasteiger partial charge in [0.15, 0.2) is 0 Å². The van der Waals surface area contributed by atoms with Gasteiger partial charge in [-0.3, -0.25) is 0 Å². The third kappa shape index (κ3) is 3.30. The predicted molar refractivity (Wildman–Crippen MR) is 65.5 cm³/mol. The van der Waals surface area contributed by atoms with Gasteiger partial charge in [-0.15, -0.1) is 0 Å². The van der Waals surface area contributed by atoms with E-state index in [9.17, 15) is 0 Å². The van der Waals surface area contributed by atoms with Crippen LogP contribution in [0.3, 0.4) is 0 Å². The van der Waals surface area contributed by atoms with Crippen LogP contribution in [0.1, 0.15) is 31.2 Å². The molecule has 1 heterocycles. The van der Waals surface area contributed by atoms with Crippen molar-refractivity contribution in [2.24, 2.45) is 0 Å². The molecule has 17 heavy (non-hydrogen) atoms. The molecule has 0 saturated heterocycles. The van der Waals surface area contributed by atoms with Gasteiger partial charge in [-0.05, 0) is 37.8 Å². The van der Waals surface area contributed by atoms with Gasteiger partial charge in [-0.2, -0.15) is 4.98 Å². The normalized spacial score (nSPS) is 24.6. The fourth-order valence-corrected chi connectivity index (χ4v) is 2.23. The molecule has 2 rings (SSSR count). The number of rotatable bonds is 3. The summed E-state index contributed by atoms with van der Waals surface area (Å²) in [5.41, 5.74) is 0.911. The maximum Gasteiger partial charge on any atom is 0.225 e. The molecule has 1 aromatic heterocycles. The van der Waals surface area contributed by atoms with Crippen molar-refractivity contribution in [3.63, 3.8) is 0 Å². The Morgan fingerprint density at radius 1 is 1.35 bits per heavy atom. The second kappa shape index (κ2) is 5.65. The van der Waals surface area contributed by atoms with Gasteiger partial charge in [0.2, 0.25) is 11.2 Å². The molecular weight excluding hydrogens is 240 g/mol. The molecule has 0 aromatic carbocycles. The summed E-state index contributed by atoms with van der Waals surface area (Å²) in [6.45, 7) is 1.92. The van der Waals surface area contributed by atoms with E-state index in [4.69, 9.17) is 21.1 Å². The molecule has 0 N–H and O–H groups in total. The highest BCUT2D eigenvalue weighted by molar-refractivity contribution is 6.28. The van der Waals surface area contributed by atoms with Crippen LogP contribution >= 0.6 is 11.6 Å². The lowest BCUT2D eigenvalue weighted by Crippen LogP contribution is -2.30. The average molecular weight is 257 g/mol. The zero-order chi connectivity index (χ0) is 12.3. The van der Waals surface area contributed by atoms with Gasteiger partial charge in [0.1, 0.15) is 6.10 Å². The van der Waals surface area contributed by atoms with Crippen LogP contribution in [0.15, 0.2) is 6.20 Å². The Hall–Kier alpha value is -0.870. The quantitative estimate of drug-likeness (QED) is 0.780. The summed E-state index contributed by atoms with van der Waals surface area (Å²) < 4.78 is 11.3. The second-order valence-corrected chi connectivity index (χ2v) is 4.73. The monoisotopic (exact) mass is 256 g/mol. The van der Waals surface area contributed by atoms with Crippen molar-refractivity contribution >= 4 is 11.6 Å². The van der Waals surface area contributed by atoms with Crippen LogP contribution in [0.25, 0.3) is 0 Å². The fraction of sp³-hybridized carbons (Fsp3) is 0.667. The Morgan fingerprint density at radius 3 is 2.88 bits per heavy atom. The minimum atomic E-state index is 0.165. The Kier molecular flexibility index (Phi) is 4.18. The maximum absolute atomic E-state index is 5.88. The largest absolute Gasteiger partial charge is 0.474 e. The highest BCUT2D eigenvalue weighted by Crippen LogP contribution is 2.26. The van der Waals surface area contributed by atoms with E-state index in [2.05, 4.69) is 9.97 Å². The van der Waals surface area contributed by atoms with Crippen molar-refractivity contribution in [2.75, 3.05) is 7.11 Å². The van der Waals surface area contributed by atoms with E-state index < -0.39 is 0 Å². The van der Waals surface area contributed by atoms with Gasteiger partial charge >= 0.3 is 0 Å². The van der Waals surface area contributed by atoms with E-state index in [-0.39, 0.29) is 11.4 Å². The number of nitrogens with zero attached hydrogens (tertiary/aromatic N) is 2. The average Bonchev–Trinajstić information content (AvgIpc) is 2.34. The van der Waals surface area contributed by atoms with Crippen LogP contribution < -0.4 is 4.74 Å². The van der Waals surface area contributed by atoms with Gasteiger partial charge in [0.25, 0.3) is 0 Å². The number of ether oxygens (including phenoxy) is 2. The van der Waals surface area contributed by atoms with Crippen molar-refractivity contribution in [1.29, 1.82) is 0 Å². The summed E-state index contributed by atoms with van der Waals surface area (Å²) in [7, 11) is 1.75. The van der Waals surface area contributed by atoms with Crippen LogP contribution in [-0.4, -0.2) is 29.3 Å². The van der Waals surface area contributed by atoms with E-state index in [0.29, 0.717) is 12.0 Å². The molecule has 0 amide bonds. The molecule has 5 heteroatoms. The van der Waals surface area contributed by atoms with Crippen molar-refractivity contribution < 1.29 is 9.47 Å². The van der Waals surface area contributed by atoms with Gasteiger partial charge in [0, 0.05) is 25.3 Å². The summed E-state index contributed by atoms with van der Waals surface area (Å²) in [5.74, 6) is 0.590. The third-order valence-electron chi connectivity index (χ3n) is 3.09. The maximum atomic E-state index is 5.88. The highest BCUT2D eigenvalue weighted by Gasteiger charge is 2.24.